The van der Waals surface area contributed by atoms with Crippen molar-refractivity contribution < 1.29 is 4.79 Å². The molecular formula is C20H28N6O. The van der Waals surface area contributed by atoms with Crippen LogP contribution in [0.3, 0.4) is 0 Å². The standard InChI is InChI=1S/C20H28N6O/c1-4-22-19(27)16-7-5-15(6-8-16)11-23-20(21-2)26-10-9-17(14-26)18-12-24-25(3)13-18/h5-8,12-13,17H,4,9-11,14H2,1-3H3,(H,21,23)(H,22,27). The van der Waals surface area contributed by atoms with Crippen molar-refractivity contribution in [3.63, 3.8) is 0 Å². The van der Waals surface area contributed by atoms with E-state index in [2.05, 4.69) is 31.8 Å². The predicted molar refractivity (Wildman–Crippen MR) is 107 cm³/mol. The molecule has 0 spiro atoms. The summed E-state index contributed by atoms with van der Waals surface area (Å²) in [6.07, 6.45) is 5.16. The van der Waals surface area contributed by atoms with Gasteiger partial charge in [0.1, 0.15) is 0 Å². The van der Waals surface area contributed by atoms with Crippen LogP contribution in [-0.2, 0) is 13.6 Å². The highest BCUT2D eigenvalue weighted by Gasteiger charge is 2.26. The second-order valence-electron chi connectivity index (χ2n) is 6.84. The first-order valence-corrected chi connectivity index (χ1v) is 9.42. The third-order valence-electron chi connectivity index (χ3n) is 4.90. The summed E-state index contributed by atoms with van der Waals surface area (Å²) < 4.78 is 1.86. The maximum atomic E-state index is 11.8. The third-order valence-corrected chi connectivity index (χ3v) is 4.90. The molecule has 1 aromatic heterocycles. The number of hydrogen-bond donors (Lipinski definition) is 2. The van der Waals surface area contributed by atoms with Crippen LogP contribution in [0.2, 0.25) is 0 Å². The number of nitrogens with zero attached hydrogens (tertiary/aromatic N) is 4. The van der Waals surface area contributed by atoms with Crippen molar-refractivity contribution in [3.8, 4) is 0 Å². The number of aliphatic imine (C=N–C) groups is 1. The van der Waals surface area contributed by atoms with Gasteiger partial charge in [0.25, 0.3) is 5.91 Å². The van der Waals surface area contributed by atoms with E-state index in [1.807, 2.05) is 56.2 Å². The van der Waals surface area contributed by atoms with Crippen molar-refractivity contribution in [3.05, 3.63) is 53.3 Å². The van der Waals surface area contributed by atoms with Crippen molar-refractivity contribution in [1.29, 1.82) is 0 Å². The van der Waals surface area contributed by atoms with Gasteiger partial charge in [0.05, 0.1) is 6.20 Å². The van der Waals surface area contributed by atoms with E-state index in [0.717, 1.165) is 31.0 Å². The van der Waals surface area contributed by atoms with Crippen LogP contribution in [-0.4, -0.2) is 53.2 Å². The molecule has 0 radical (unpaired) electrons. The monoisotopic (exact) mass is 368 g/mol. The molecule has 0 aliphatic carbocycles. The topological polar surface area (TPSA) is 74.6 Å². The highest BCUT2D eigenvalue weighted by atomic mass is 16.1. The predicted octanol–water partition coefficient (Wildman–Crippen LogP) is 1.73. The molecule has 7 heteroatoms. The molecule has 7 nitrogen and oxygen atoms in total. The average molecular weight is 368 g/mol. The number of amides is 1. The van der Waals surface area contributed by atoms with Crippen LogP contribution in [0.25, 0.3) is 0 Å². The number of likely N-dealkylation sites (tertiary alicyclic amines) is 1. The Hall–Kier alpha value is -2.83. The number of rotatable bonds is 5. The van der Waals surface area contributed by atoms with E-state index in [1.54, 1.807) is 0 Å². The fourth-order valence-electron chi connectivity index (χ4n) is 3.43. The Balaban J connectivity index is 1.54. The van der Waals surface area contributed by atoms with Crippen LogP contribution in [0.1, 0.15) is 40.7 Å². The van der Waals surface area contributed by atoms with E-state index in [1.165, 1.54) is 5.56 Å². The summed E-state index contributed by atoms with van der Waals surface area (Å²) in [4.78, 5) is 18.6. The van der Waals surface area contributed by atoms with Gasteiger partial charge in [-0.15, -0.1) is 0 Å². The smallest absolute Gasteiger partial charge is 0.251 e. The van der Waals surface area contributed by atoms with E-state index in [9.17, 15) is 4.79 Å². The Bertz CT molecular complexity index is 795. The molecular weight excluding hydrogens is 340 g/mol. The van der Waals surface area contributed by atoms with Crippen LogP contribution in [0.5, 0.6) is 0 Å². The second-order valence-corrected chi connectivity index (χ2v) is 6.84. The van der Waals surface area contributed by atoms with Crippen LogP contribution >= 0.6 is 0 Å². The van der Waals surface area contributed by atoms with Crippen molar-refractivity contribution in [2.24, 2.45) is 12.0 Å². The first kappa shape index (κ1) is 18.9. The molecule has 1 aliphatic heterocycles. The van der Waals surface area contributed by atoms with Gasteiger partial charge in [-0.05, 0) is 36.6 Å². The van der Waals surface area contributed by atoms with Crippen LogP contribution in [0.15, 0.2) is 41.7 Å². The third kappa shape index (κ3) is 4.67. The van der Waals surface area contributed by atoms with Gasteiger partial charge < -0.3 is 15.5 Å². The molecule has 1 aromatic carbocycles. The number of aromatic nitrogens is 2. The molecule has 1 amide bonds. The van der Waals surface area contributed by atoms with Crippen LogP contribution in [0, 0.1) is 0 Å². The van der Waals surface area contributed by atoms with E-state index in [4.69, 9.17) is 0 Å². The Labute approximate surface area is 160 Å². The average Bonchev–Trinajstić information content (AvgIpc) is 3.32. The number of hydrogen-bond acceptors (Lipinski definition) is 3. The molecule has 2 aromatic rings. The number of carbonyl (C=O) groups excluding carboxylic acids is 1. The normalized spacial score (nSPS) is 17.2. The van der Waals surface area contributed by atoms with Crippen molar-refractivity contribution in [2.45, 2.75) is 25.8 Å². The zero-order chi connectivity index (χ0) is 19.2. The molecule has 144 valence electrons. The van der Waals surface area contributed by atoms with E-state index in [-0.39, 0.29) is 5.91 Å². The highest BCUT2D eigenvalue weighted by Crippen LogP contribution is 2.26. The molecule has 27 heavy (non-hydrogen) atoms. The minimum atomic E-state index is -0.0358. The van der Waals surface area contributed by atoms with Gasteiger partial charge in [-0.1, -0.05) is 12.1 Å². The first-order chi connectivity index (χ1) is 13.1. The number of carbonyl (C=O) groups is 1. The van der Waals surface area contributed by atoms with Gasteiger partial charge in [-0.3, -0.25) is 14.5 Å². The number of guanidine groups is 1. The summed E-state index contributed by atoms with van der Waals surface area (Å²) in [5, 5.41) is 10.5. The largest absolute Gasteiger partial charge is 0.352 e. The molecule has 3 rings (SSSR count). The lowest BCUT2D eigenvalue weighted by molar-refractivity contribution is 0.0956. The van der Waals surface area contributed by atoms with Gasteiger partial charge in [-0.2, -0.15) is 5.10 Å². The molecule has 0 bridgehead atoms. The fraction of sp³-hybridized carbons (Fsp3) is 0.450. The van der Waals surface area contributed by atoms with Crippen molar-refractivity contribution in [2.75, 3.05) is 26.7 Å². The number of aryl methyl sites for hydroxylation is 1. The maximum Gasteiger partial charge on any atom is 0.251 e. The fourth-order valence-corrected chi connectivity index (χ4v) is 3.43. The van der Waals surface area contributed by atoms with Crippen molar-refractivity contribution in [1.82, 2.24) is 25.3 Å². The van der Waals surface area contributed by atoms with Gasteiger partial charge in [0.2, 0.25) is 0 Å². The van der Waals surface area contributed by atoms with Gasteiger partial charge >= 0.3 is 0 Å². The maximum absolute atomic E-state index is 11.8. The summed E-state index contributed by atoms with van der Waals surface area (Å²) in [6.45, 7) is 5.15. The van der Waals surface area contributed by atoms with Crippen LogP contribution < -0.4 is 10.6 Å². The summed E-state index contributed by atoms with van der Waals surface area (Å²) in [5.74, 6) is 1.37. The molecule has 0 saturated carbocycles. The van der Waals surface area contributed by atoms with E-state index in [0.29, 0.717) is 24.6 Å². The van der Waals surface area contributed by atoms with Crippen LogP contribution in [0.4, 0.5) is 0 Å². The lowest BCUT2D eigenvalue weighted by atomic mass is 10.0. The molecule has 1 aliphatic rings. The van der Waals surface area contributed by atoms with E-state index < -0.39 is 0 Å². The minimum Gasteiger partial charge on any atom is -0.352 e. The van der Waals surface area contributed by atoms with E-state index >= 15 is 0 Å². The number of benzene rings is 1. The van der Waals surface area contributed by atoms with Gasteiger partial charge in [0.15, 0.2) is 5.96 Å². The highest BCUT2D eigenvalue weighted by molar-refractivity contribution is 5.94. The van der Waals surface area contributed by atoms with Gasteiger partial charge in [0, 0.05) is 58.0 Å². The second kappa shape index (κ2) is 8.70. The molecule has 2 heterocycles. The Morgan fingerprint density at radius 1 is 1.30 bits per heavy atom. The lowest BCUT2D eigenvalue weighted by Crippen LogP contribution is -2.39. The molecule has 2 N–H and O–H groups in total. The minimum absolute atomic E-state index is 0.0358. The van der Waals surface area contributed by atoms with Gasteiger partial charge in [-0.25, -0.2) is 0 Å². The Kier molecular flexibility index (Phi) is 6.11. The Morgan fingerprint density at radius 2 is 2.07 bits per heavy atom. The molecule has 1 atom stereocenters. The zero-order valence-corrected chi connectivity index (χ0v) is 16.3. The molecule has 1 unspecified atom stereocenters. The summed E-state index contributed by atoms with van der Waals surface area (Å²) in [6, 6.07) is 7.68. The lowest BCUT2D eigenvalue weighted by Gasteiger charge is -2.21. The quantitative estimate of drug-likeness (QED) is 0.623. The molecule has 1 fully saturated rings. The number of nitrogens with one attached hydrogen (secondary N) is 2. The molecule has 1 saturated heterocycles. The Morgan fingerprint density at radius 3 is 2.70 bits per heavy atom. The summed E-state index contributed by atoms with van der Waals surface area (Å²) in [5.41, 5.74) is 3.09. The van der Waals surface area contributed by atoms with Crippen molar-refractivity contribution >= 4 is 11.9 Å². The summed E-state index contributed by atoms with van der Waals surface area (Å²) in [7, 11) is 3.77. The zero-order valence-electron chi connectivity index (χ0n) is 16.3. The SMILES string of the molecule is CCNC(=O)c1ccc(CNC(=NC)N2CCC(c3cnn(C)c3)C2)cc1. The first-order valence-electron chi connectivity index (χ1n) is 9.42. The summed E-state index contributed by atoms with van der Waals surface area (Å²) >= 11 is 0.